The van der Waals surface area contributed by atoms with Crippen LogP contribution in [0.2, 0.25) is 0 Å². The van der Waals surface area contributed by atoms with Crippen LogP contribution in [0.3, 0.4) is 0 Å². The molecule has 0 aliphatic heterocycles. The van der Waals surface area contributed by atoms with Gasteiger partial charge in [0, 0.05) is 28.8 Å². The predicted molar refractivity (Wildman–Crippen MR) is 95.5 cm³/mol. The zero-order valence-electron chi connectivity index (χ0n) is 13.6. The third-order valence-electron chi connectivity index (χ3n) is 3.31. The normalized spacial score (nSPS) is 10.6. The standard InChI is InChI=1S/C17H16N2O5S/c1-11-7-8-25-15(11)5-6-17(21)24-10-16(20)18-14-4-3-13(19(22)23)9-12(14)2/h3-9H,10H2,1-2H3,(H,18,20)/b6-5+. The van der Waals surface area contributed by atoms with Crippen LogP contribution in [-0.4, -0.2) is 23.4 Å². The molecule has 1 aromatic heterocycles. The number of hydrogen-bond acceptors (Lipinski definition) is 6. The topological polar surface area (TPSA) is 98.5 Å². The van der Waals surface area contributed by atoms with E-state index in [1.807, 2.05) is 18.4 Å². The summed E-state index contributed by atoms with van der Waals surface area (Å²) in [4.78, 5) is 34.6. The molecular weight excluding hydrogens is 344 g/mol. The highest BCUT2D eigenvalue weighted by atomic mass is 32.1. The summed E-state index contributed by atoms with van der Waals surface area (Å²) >= 11 is 1.50. The van der Waals surface area contributed by atoms with E-state index in [-0.39, 0.29) is 5.69 Å². The second-order valence-electron chi connectivity index (χ2n) is 5.21. The number of nitrogens with one attached hydrogen (secondary N) is 1. The highest BCUT2D eigenvalue weighted by molar-refractivity contribution is 7.11. The van der Waals surface area contributed by atoms with Gasteiger partial charge in [-0.3, -0.25) is 14.9 Å². The Morgan fingerprint density at radius 2 is 2.04 bits per heavy atom. The van der Waals surface area contributed by atoms with Crippen molar-refractivity contribution in [3.63, 3.8) is 0 Å². The summed E-state index contributed by atoms with van der Waals surface area (Å²) < 4.78 is 4.87. The number of esters is 1. The highest BCUT2D eigenvalue weighted by Crippen LogP contribution is 2.21. The Hall–Kier alpha value is -3.00. The van der Waals surface area contributed by atoms with Crippen molar-refractivity contribution >= 4 is 40.7 Å². The minimum atomic E-state index is -0.622. The number of thiophene rings is 1. The fourth-order valence-corrected chi connectivity index (χ4v) is 2.79. The Bertz CT molecular complexity index is 841. The van der Waals surface area contributed by atoms with E-state index in [0.717, 1.165) is 10.4 Å². The van der Waals surface area contributed by atoms with Gasteiger partial charge in [0.15, 0.2) is 6.61 Å². The number of benzene rings is 1. The van der Waals surface area contributed by atoms with Gasteiger partial charge in [-0.1, -0.05) is 0 Å². The quantitative estimate of drug-likeness (QED) is 0.368. The molecule has 0 bridgehead atoms. The van der Waals surface area contributed by atoms with E-state index >= 15 is 0 Å². The number of non-ortho nitro benzene ring substituents is 1. The first-order chi connectivity index (χ1) is 11.9. The lowest BCUT2D eigenvalue weighted by molar-refractivity contribution is -0.384. The zero-order valence-corrected chi connectivity index (χ0v) is 14.5. The maximum Gasteiger partial charge on any atom is 0.331 e. The van der Waals surface area contributed by atoms with E-state index in [9.17, 15) is 19.7 Å². The largest absolute Gasteiger partial charge is 0.452 e. The lowest BCUT2D eigenvalue weighted by atomic mass is 10.2. The molecule has 0 aliphatic carbocycles. The van der Waals surface area contributed by atoms with Crippen LogP contribution in [0.25, 0.3) is 6.08 Å². The van der Waals surface area contributed by atoms with Crippen LogP contribution in [0, 0.1) is 24.0 Å². The van der Waals surface area contributed by atoms with Gasteiger partial charge in [-0.2, -0.15) is 0 Å². The third-order valence-corrected chi connectivity index (χ3v) is 4.30. The number of amides is 1. The van der Waals surface area contributed by atoms with E-state index in [1.165, 1.54) is 35.6 Å². The first kappa shape index (κ1) is 18.3. The van der Waals surface area contributed by atoms with Crippen LogP contribution in [0.1, 0.15) is 16.0 Å². The molecule has 0 radical (unpaired) electrons. The van der Waals surface area contributed by atoms with Gasteiger partial charge in [-0.15, -0.1) is 11.3 Å². The Labute approximate surface area is 148 Å². The van der Waals surface area contributed by atoms with Crippen LogP contribution in [0.15, 0.2) is 35.7 Å². The fraction of sp³-hybridized carbons (Fsp3) is 0.176. The summed E-state index contributed by atoms with van der Waals surface area (Å²) in [6.07, 6.45) is 2.91. The first-order valence-electron chi connectivity index (χ1n) is 7.30. The van der Waals surface area contributed by atoms with E-state index in [4.69, 9.17) is 4.74 Å². The van der Waals surface area contributed by atoms with Crippen LogP contribution in [0.4, 0.5) is 11.4 Å². The molecule has 7 nitrogen and oxygen atoms in total. The maximum absolute atomic E-state index is 11.8. The number of rotatable bonds is 6. The zero-order chi connectivity index (χ0) is 18.4. The summed E-state index contributed by atoms with van der Waals surface area (Å²) in [5.41, 5.74) is 1.97. The van der Waals surface area contributed by atoms with Crippen molar-refractivity contribution in [2.24, 2.45) is 0 Å². The number of aryl methyl sites for hydroxylation is 2. The number of anilines is 1. The van der Waals surface area contributed by atoms with Gasteiger partial charge >= 0.3 is 5.97 Å². The molecule has 0 saturated carbocycles. The molecule has 0 atom stereocenters. The molecule has 0 spiro atoms. The van der Waals surface area contributed by atoms with Gasteiger partial charge in [-0.25, -0.2) is 4.79 Å². The minimum Gasteiger partial charge on any atom is -0.452 e. The monoisotopic (exact) mass is 360 g/mol. The number of carbonyl (C=O) groups excluding carboxylic acids is 2. The summed E-state index contributed by atoms with van der Waals surface area (Å²) in [5, 5.41) is 15.2. The Morgan fingerprint density at radius 3 is 2.64 bits per heavy atom. The molecular formula is C17H16N2O5S. The van der Waals surface area contributed by atoms with Crippen molar-refractivity contribution in [2.75, 3.05) is 11.9 Å². The molecule has 1 heterocycles. The molecule has 130 valence electrons. The minimum absolute atomic E-state index is 0.0593. The van der Waals surface area contributed by atoms with E-state index in [0.29, 0.717) is 11.3 Å². The second kappa shape index (κ2) is 8.20. The number of nitrogens with zero attached hydrogens (tertiary/aromatic N) is 1. The summed E-state index contributed by atoms with van der Waals surface area (Å²) in [6.45, 7) is 3.13. The highest BCUT2D eigenvalue weighted by Gasteiger charge is 2.11. The van der Waals surface area contributed by atoms with Crippen LogP contribution < -0.4 is 5.32 Å². The summed E-state index contributed by atoms with van der Waals surface area (Å²) in [5.74, 6) is -1.14. The molecule has 0 aliphatic rings. The average Bonchev–Trinajstić information content (AvgIpc) is 2.97. The van der Waals surface area contributed by atoms with Crippen molar-refractivity contribution < 1.29 is 19.2 Å². The lowest BCUT2D eigenvalue weighted by Gasteiger charge is -2.08. The van der Waals surface area contributed by atoms with E-state index in [2.05, 4.69) is 5.32 Å². The molecule has 2 rings (SSSR count). The molecule has 2 aromatic rings. The average molecular weight is 360 g/mol. The Kier molecular flexibility index (Phi) is 6.02. The molecule has 1 aromatic carbocycles. The van der Waals surface area contributed by atoms with Gasteiger partial charge in [0.05, 0.1) is 4.92 Å². The SMILES string of the molecule is Cc1cc([N+](=O)[O-])ccc1NC(=O)COC(=O)/C=C/c1sccc1C. The number of nitro groups is 1. The number of carbonyl (C=O) groups is 2. The first-order valence-corrected chi connectivity index (χ1v) is 8.18. The third kappa shape index (κ3) is 5.25. The van der Waals surface area contributed by atoms with Gasteiger partial charge < -0.3 is 10.1 Å². The maximum atomic E-state index is 11.8. The van der Waals surface area contributed by atoms with Crippen molar-refractivity contribution in [2.45, 2.75) is 13.8 Å². The predicted octanol–water partition coefficient (Wildman–Crippen LogP) is 3.47. The van der Waals surface area contributed by atoms with Crippen molar-refractivity contribution in [1.82, 2.24) is 0 Å². The number of nitro benzene ring substituents is 1. The molecule has 0 unspecified atom stereocenters. The van der Waals surface area contributed by atoms with Gasteiger partial charge in [0.25, 0.3) is 11.6 Å². The molecule has 8 heteroatoms. The summed E-state index contributed by atoms with van der Waals surface area (Å²) in [7, 11) is 0. The van der Waals surface area contributed by atoms with E-state index in [1.54, 1.807) is 13.0 Å². The Balaban J connectivity index is 1.86. The lowest BCUT2D eigenvalue weighted by Crippen LogP contribution is -2.20. The van der Waals surface area contributed by atoms with Gasteiger partial charge in [0.2, 0.25) is 0 Å². The molecule has 0 saturated heterocycles. The van der Waals surface area contributed by atoms with Crippen molar-refractivity contribution in [3.05, 3.63) is 61.8 Å². The second-order valence-corrected chi connectivity index (χ2v) is 6.16. The van der Waals surface area contributed by atoms with Crippen LogP contribution >= 0.6 is 11.3 Å². The van der Waals surface area contributed by atoms with Gasteiger partial charge in [0.1, 0.15) is 0 Å². The van der Waals surface area contributed by atoms with Crippen molar-refractivity contribution in [3.8, 4) is 0 Å². The molecule has 1 amide bonds. The summed E-state index contributed by atoms with van der Waals surface area (Å²) in [6, 6.07) is 6.02. The fourth-order valence-electron chi connectivity index (χ4n) is 1.97. The Morgan fingerprint density at radius 1 is 1.28 bits per heavy atom. The molecule has 25 heavy (non-hydrogen) atoms. The number of hydrogen-bond donors (Lipinski definition) is 1. The molecule has 0 fully saturated rings. The smallest absolute Gasteiger partial charge is 0.331 e. The van der Waals surface area contributed by atoms with E-state index < -0.39 is 23.4 Å². The van der Waals surface area contributed by atoms with Crippen LogP contribution in [0.5, 0.6) is 0 Å². The van der Waals surface area contributed by atoms with Crippen LogP contribution in [-0.2, 0) is 14.3 Å². The van der Waals surface area contributed by atoms with Gasteiger partial charge in [-0.05, 0) is 48.6 Å². The molecule has 1 N–H and O–H groups in total. The number of ether oxygens (including phenoxy) is 1. The van der Waals surface area contributed by atoms with Crippen molar-refractivity contribution in [1.29, 1.82) is 0 Å².